The van der Waals surface area contributed by atoms with E-state index in [1.165, 1.54) is 6.07 Å². The number of nitrogens with zero attached hydrogens (tertiary/aromatic N) is 1. The van der Waals surface area contributed by atoms with E-state index in [0.717, 1.165) is 24.8 Å². The molecule has 122 valence electrons. The quantitative estimate of drug-likeness (QED) is 0.922. The molecule has 1 fully saturated rings. The van der Waals surface area contributed by atoms with Crippen molar-refractivity contribution < 1.29 is 13.2 Å². The number of carbonyl (C=O) groups is 1. The Bertz CT molecular complexity index is 643. The third-order valence-corrected chi connectivity index (χ3v) is 5.63. The predicted octanol–water partition coefficient (Wildman–Crippen LogP) is 2.06. The normalized spacial score (nSPS) is 20.7. The van der Waals surface area contributed by atoms with Gasteiger partial charge in [-0.3, -0.25) is 4.79 Å². The molecule has 1 aromatic carbocycles. The first-order valence-corrected chi connectivity index (χ1v) is 9.19. The summed E-state index contributed by atoms with van der Waals surface area (Å²) in [4.78, 5) is 14.5. The lowest BCUT2D eigenvalue weighted by Crippen LogP contribution is -2.51. The van der Waals surface area contributed by atoms with E-state index in [1.807, 2.05) is 19.9 Å². The van der Waals surface area contributed by atoms with Crippen molar-refractivity contribution in [1.29, 1.82) is 0 Å². The minimum absolute atomic E-state index is 0.150. The van der Waals surface area contributed by atoms with E-state index in [0.29, 0.717) is 6.54 Å². The van der Waals surface area contributed by atoms with Gasteiger partial charge >= 0.3 is 0 Å². The zero-order chi connectivity index (χ0) is 16.3. The summed E-state index contributed by atoms with van der Waals surface area (Å²) in [5, 5.41) is 0. The molecule has 0 aromatic heterocycles. The molecule has 1 N–H and O–H groups in total. The number of likely N-dealkylation sites (tertiary alicyclic amines) is 1. The van der Waals surface area contributed by atoms with Gasteiger partial charge < -0.3 is 4.90 Å². The van der Waals surface area contributed by atoms with E-state index in [4.69, 9.17) is 0 Å². The molecule has 5 nitrogen and oxygen atoms in total. The fourth-order valence-corrected chi connectivity index (χ4v) is 4.11. The van der Waals surface area contributed by atoms with Crippen molar-refractivity contribution >= 4 is 15.9 Å². The zero-order valence-corrected chi connectivity index (χ0v) is 14.2. The molecule has 1 aromatic rings. The number of hydrogen-bond donors (Lipinski definition) is 1. The van der Waals surface area contributed by atoms with Crippen LogP contribution in [0.5, 0.6) is 0 Å². The van der Waals surface area contributed by atoms with Gasteiger partial charge in [-0.15, -0.1) is 0 Å². The molecule has 1 aliphatic heterocycles. The van der Waals surface area contributed by atoms with Crippen LogP contribution in [0.2, 0.25) is 0 Å². The highest BCUT2D eigenvalue weighted by atomic mass is 32.2. The average Bonchev–Trinajstić information content (AvgIpc) is 2.46. The van der Waals surface area contributed by atoms with Crippen LogP contribution in [0.4, 0.5) is 0 Å². The van der Waals surface area contributed by atoms with Crippen LogP contribution in [0.1, 0.15) is 38.7 Å². The van der Waals surface area contributed by atoms with Crippen LogP contribution in [0.15, 0.2) is 29.2 Å². The second-order valence-electron chi connectivity index (χ2n) is 6.04. The maximum absolute atomic E-state index is 12.5. The maximum atomic E-state index is 12.5. The number of benzene rings is 1. The van der Waals surface area contributed by atoms with Crippen LogP contribution in [-0.4, -0.2) is 37.9 Å². The Hall–Kier alpha value is -1.40. The topological polar surface area (TPSA) is 66.5 Å². The third kappa shape index (κ3) is 3.87. The van der Waals surface area contributed by atoms with Gasteiger partial charge in [-0.05, 0) is 57.7 Å². The Balaban J connectivity index is 2.10. The Morgan fingerprint density at radius 2 is 2.09 bits per heavy atom. The zero-order valence-electron chi connectivity index (χ0n) is 13.4. The summed E-state index contributed by atoms with van der Waals surface area (Å²) in [7, 11) is -3.68. The molecule has 2 atom stereocenters. The molecular weight excluding hydrogens is 300 g/mol. The van der Waals surface area contributed by atoms with Gasteiger partial charge in [-0.1, -0.05) is 12.1 Å². The second-order valence-corrected chi connectivity index (χ2v) is 7.75. The fraction of sp³-hybridized carbons (Fsp3) is 0.562. The first kappa shape index (κ1) is 17.0. The molecule has 1 heterocycles. The Morgan fingerprint density at radius 3 is 2.73 bits per heavy atom. The highest BCUT2D eigenvalue weighted by Gasteiger charge is 2.29. The highest BCUT2D eigenvalue weighted by Crippen LogP contribution is 2.18. The molecule has 1 amide bonds. The summed E-state index contributed by atoms with van der Waals surface area (Å²) < 4.78 is 27.3. The molecule has 0 unspecified atom stereocenters. The number of aryl methyl sites for hydroxylation is 1. The van der Waals surface area contributed by atoms with E-state index in [2.05, 4.69) is 4.72 Å². The van der Waals surface area contributed by atoms with Gasteiger partial charge in [0.15, 0.2) is 0 Å². The Morgan fingerprint density at radius 1 is 1.36 bits per heavy atom. The van der Waals surface area contributed by atoms with Crippen molar-refractivity contribution in [3.8, 4) is 0 Å². The molecule has 2 rings (SSSR count). The Kier molecular flexibility index (Phi) is 5.24. The van der Waals surface area contributed by atoms with Crippen molar-refractivity contribution in [1.82, 2.24) is 9.62 Å². The number of rotatable bonds is 4. The van der Waals surface area contributed by atoms with E-state index >= 15 is 0 Å². The Labute approximate surface area is 132 Å². The van der Waals surface area contributed by atoms with Crippen LogP contribution in [0.25, 0.3) is 0 Å². The van der Waals surface area contributed by atoms with Crippen LogP contribution in [0.3, 0.4) is 0 Å². The minimum Gasteiger partial charge on any atom is -0.339 e. The number of sulfonamides is 1. The van der Waals surface area contributed by atoms with E-state index < -0.39 is 16.1 Å². The van der Waals surface area contributed by atoms with E-state index in [1.54, 1.807) is 24.0 Å². The lowest BCUT2D eigenvalue weighted by molar-refractivity contribution is -0.135. The summed E-state index contributed by atoms with van der Waals surface area (Å²) in [6, 6.07) is 6.09. The van der Waals surface area contributed by atoms with E-state index in [-0.39, 0.29) is 16.8 Å². The predicted molar refractivity (Wildman–Crippen MR) is 86.0 cm³/mol. The van der Waals surface area contributed by atoms with Gasteiger partial charge in [-0.2, -0.15) is 4.72 Å². The lowest BCUT2D eigenvalue weighted by atomic mass is 10.0. The summed E-state index contributed by atoms with van der Waals surface area (Å²) in [6.45, 7) is 6.16. The minimum atomic E-state index is -3.68. The van der Waals surface area contributed by atoms with Crippen molar-refractivity contribution in [3.63, 3.8) is 0 Å². The summed E-state index contributed by atoms with van der Waals surface area (Å²) in [6.07, 6.45) is 3.07. The maximum Gasteiger partial charge on any atom is 0.241 e. The average molecular weight is 324 g/mol. The smallest absolute Gasteiger partial charge is 0.241 e. The molecule has 0 radical (unpaired) electrons. The van der Waals surface area contributed by atoms with Gasteiger partial charge in [-0.25, -0.2) is 8.42 Å². The largest absolute Gasteiger partial charge is 0.339 e. The highest BCUT2D eigenvalue weighted by molar-refractivity contribution is 7.89. The van der Waals surface area contributed by atoms with Crippen LogP contribution in [0, 0.1) is 6.92 Å². The number of nitrogens with one attached hydrogen (secondary N) is 1. The van der Waals surface area contributed by atoms with Crippen molar-refractivity contribution in [2.24, 2.45) is 0 Å². The molecule has 0 bridgehead atoms. The van der Waals surface area contributed by atoms with Crippen molar-refractivity contribution in [2.75, 3.05) is 6.54 Å². The number of hydrogen-bond acceptors (Lipinski definition) is 3. The lowest BCUT2D eigenvalue weighted by Gasteiger charge is -2.35. The van der Waals surface area contributed by atoms with Gasteiger partial charge in [0.25, 0.3) is 0 Å². The first-order chi connectivity index (χ1) is 10.3. The molecule has 0 saturated carbocycles. The molecule has 6 heteroatoms. The SMILES string of the molecule is Cc1cccc(S(=O)(=O)N[C@H](C)C(=O)N2CCCC[C@H]2C)c1. The fourth-order valence-electron chi connectivity index (χ4n) is 2.81. The number of piperidine rings is 1. The summed E-state index contributed by atoms with van der Waals surface area (Å²) in [5.74, 6) is -0.150. The van der Waals surface area contributed by atoms with Gasteiger partial charge in [0.1, 0.15) is 0 Å². The summed E-state index contributed by atoms with van der Waals surface area (Å²) in [5.41, 5.74) is 0.867. The number of amides is 1. The van der Waals surface area contributed by atoms with Crippen LogP contribution >= 0.6 is 0 Å². The molecule has 0 aliphatic carbocycles. The monoisotopic (exact) mass is 324 g/mol. The van der Waals surface area contributed by atoms with Crippen LogP contribution < -0.4 is 4.72 Å². The first-order valence-electron chi connectivity index (χ1n) is 7.71. The molecule has 22 heavy (non-hydrogen) atoms. The molecule has 0 spiro atoms. The van der Waals surface area contributed by atoms with Crippen molar-refractivity contribution in [3.05, 3.63) is 29.8 Å². The summed E-state index contributed by atoms with van der Waals surface area (Å²) >= 11 is 0. The third-order valence-electron chi connectivity index (χ3n) is 4.09. The van der Waals surface area contributed by atoms with Gasteiger partial charge in [0.05, 0.1) is 10.9 Å². The standard InChI is InChI=1S/C16H24N2O3S/c1-12-7-6-9-15(11-12)22(20,21)17-14(3)16(19)18-10-5-4-8-13(18)2/h6-7,9,11,13-14,17H,4-5,8,10H2,1-3H3/t13-,14-/m1/s1. The van der Waals surface area contributed by atoms with Crippen LogP contribution in [-0.2, 0) is 14.8 Å². The van der Waals surface area contributed by atoms with Gasteiger partial charge in [0, 0.05) is 12.6 Å². The molecule has 1 saturated heterocycles. The van der Waals surface area contributed by atoms with Crippen molar-refractivity contribution in [2.45, 2.75) is 57.0 Å². The van der Waals surface area contributed by atoms with E-state index in [9.17, 15) is 13.2 Å². The molecular formula is C16H24N2O3S. The van der Waals surface area contributed by atoms with Gasteiger partial charge in [0.2, 0.25) is 15.9 Å². The second kappa shape index (κ2) is 6.79. The number of carbonyl (C=O) groups excluding carboxylic acids is 1. The molecule has 1 aliphatic rings.